The molecule has 4 rings (SSSR count). The third-order valence-electron chi connectivity index (χ3n) is 6.40. The van der Waals surface area contributed by atoms with Gasteiger partial charge in [0.2, 0.25) is 5.91 Å². The van der Waals surface area contributed by atoms with Crippen molar-refractivity contribution < 1.29 is 14.4 Å². The molecule has 0 spiro atoms. The first-order valence-electron chi connectivity index (χ1n) is 11.0. The van der Waals surface area contributed by atoms with Gasteiger partial charge < -0.3 is 0 Å². The first-order valence-corrected chi connectivity index (χ1v) is 11.0. The lowest BCUT2D eigenvalue weighted by atomic mass is 9.82. The molecule has 0 unspecified atom stereocenters. The van der Waals surface area contributed by atoms with Gasteiger partial charge >= 0.3 is 0 Å². The van der Waals surface area contributed by atoms with Crippen LogP contribution in [0.15, 0.2) is 54.6 Å². The van der Waals surface area contributed by atoms with Gasteiger partial charge in [0.1, 0.15) is 0 Å². The number of nitrogens with zero attached hydrogens (tertiary/aromatic N) is 2. The topological polar surface area (TPSA) is 49.9 Å². The number of fused-ring (bicyclic) bond motifs is 1. The molecule has 2 saturated heterocycles. The van der Waals surface area contributed by atoms with E-state index in [4.69, 9.17) is 4.84 Å². The number of unbranched alkanes of at least 4 members (excludes halogenated alkanes) is 1. The van der Waals surface area contributed by atoms with E-state index in [1.54, 1.807) is 0 Å². The fourth-order valence-electron chi connectivity index (χ4n) is 4.77. The van der Waals surface area contributed by atoms with Crippen LogP contribution in [0.1, 0.15) is 45.1 Å². The second-order valence-electron chi connectivity index (χ2n) is 8.36. The molecule has 5 heteroatoms. The molecular weight excluding hydrogens is 376 g/mol. The zero-order valence-corrected chi connectivity index (χ0v) is 18.0. The summed E-state index contributed by atoms with van der Waals surface area (Å²) in [5, 5.41) is 1.85. The summed E-state index contributed by atoms with van der Waals surface area (Å²) < 4.78 is 0. The van der Waals surface area contributed by atoms with Gasteiger partial charge in [-0.25, -0.2) is 9.96 Å². The van der Waals surface area contributed by atoms with Crippen LogP contribution in [0.25, 0.3) is 0 Å². The van der Waals surface area contributed by atoms with Crippen molar-refractivity contribution in [1.29, 1.82) is 0 Å². The van der Waals surface area contributed by atoms with Crippen LogP contribution in [0.2, 0.25) is 0 Å². The summed E-state index contributed by atoms with van der Waals surface area (Å²) in [5.74, 6) is -0.620. The van der Waals surface area contributed by atoms with E-state index in [9.17, 15) is 9.59 Å². The predicted octanol–water partition coefficient (Wildman–Crippen LogP) is 4.89. The quantitative estimate of drug-likeness (QED) is 0.614. The van der Waals surface area contributed by atoms with E-state index in [0.29, 0.717) is 5.69 Å². The minimum atomic E-state index is -0.764. The summed E-state index contributed by atoms with van der Waals surface area (Å²) >= 11 is 0. The number of para-hydroxylation sites is 1. The molecule has 2 fully saturated rings. The van der Waals surface area contributed by atoms with Crippen molar-refractivity contribution in [2.45, 2.75) is 58.6 Å². The Kier molecular flexibility index (Phi) is 5.91. The SMILES string of the molecule is CCCC[C@@H](CC)[C@@H]1[C@H]2C(=O)N(c3ccc(C)cc3)C(=O)[C@@H]2ON1c1ccccc1. The fraction of sp³-hybridized carbons (Fsp3) is 0.440. The predicted molar refractivity (Wildman–Crippen MR) is 118 cm³/mol. The molecule has 2 aromatic carbocycles. The van der Waals surface area contributed by atoms with Gasteiger partial charge in [-0.15, -0.1) is 0 Å². The van der Waals surface area contributed by atoms with Gasteiger partial charge in [0.15, 0.2) is 6.10 Å². The lowest BCUT2D eigenvalue weighted by molar-refractivity contribution is -0.126. The fourth-order valence-corrected chi connectivity index (χ4v) is 4.77. The molecule has 0 saturated carbocycles. The molecular formula is C25H30N2O3. The van der Waals surface area contributed by atoms with E-state index < -0.39 is 12.0 Å². The smallest absolute Gasteiger partial charge is 0.266 e. The highest BCUT2D eigenvalue weighted by molar-refractivity contribution is 6.23. The lowest BCUT2D eigenvalue weighted by Gasteiger charge is -2.33. The molecule has 2 aliphatic rings. The van der Waals surface area contributed by atoms with Crippen LogP contribution >= 0.6 is 0 Å². The Labute approximate surface area is 178 Å². The van der Waals surface area contributed by atoms with Gasteiger partial charge in [0.05, 0.1) is 23.3 Å². The maximum atomic E-state index is 13.6. The number of carbonyl (C=O) groups excluding carboxylic acids is 2. The summed E-state index contributed by atoms with van der Waals surface area (Å²) in [7, 11) is 0. The molecule has 0 N–H and O–H groups in total. The second kappa shape index (κ2) is 8.60. The number of amides is 2. The van der Waals surface area contributed by atoms with Gasteiger partial charge in [-0.3, -0.25) is 14.4 Å². The van der Waals surface area contributed by atoms with Crippen LogP contribution in [-0.2, 0) is 14.4 Å². The first-order chi connectivity index (χ1) is 14.6. The molecule has 0 aliphatic carbocycles. The van der Waals surface area contributed by atoms with Crippen LogP contribution in [0, 0.1) is 18.8 Å². The van der Waals surface area contributed by atoms with Crippen molar-refractivity contribution in [2.75, 3.05) is 9.96 Å². The molecule has 4 atom stereocenters. The Morgan fingerprint density at radius 3 is 2.27 bits per heavy atom. The zero-order chi connectivity index (χ0) is 21.3. The van der Waals surface area contributed by atoms with Crippen LogP contribution < -0.4 is 9.96 Å². The van der Waals surface area contributed by atoms with Crippen molar-refractivity contribution in [3.8, 4) is 0 Å². The number of anilines is 2. The summed E-state index contributed by atoms with van der Waals surface area (Å²) in [5.41, 5.74) is 2.61. The maximum absolute atomic E-state index is 13.6. The average Bonchev–Trinajstić information content (AvgIpc) is 3.27. The average molecular weight is 407 g/mol. The lowest BCUT2D eigenvalue weighted by Crippen LogP contribution is -2.44. The Bertz CT molecular complexity index is 896. The molecule has 5 nitrogen and oxygen atoms in total. The van der Waals surface area contributed by atoms with Gasteiger partial charge in [-0.2, -0.15) is 0 Å². The highest BCUT2D eigenvalue weighted by Crippen LogP contribution is 2.44. The number of benzene rings is 2. The van der Waals surface area contributed by atoms with Crippen LogP contribution in [0.3, 0.4) is 0 Å². The summed E-state index contributed by atoms with van der Waals surface area (Å²) in [6.07, 6.45) is 3.39. The van der Waals surface area contributed by atoms with Gasteiger partial charge in [0, 0.05) is 0 Å². The van der Waals surface area contributed by atoms with Crippen molar-refractivity contribution in [1.82, 2.24) is 0 Å². The number of aryl methyl sites for hydroxylation is 1. The van der Waals surface area contributed by atoms with E-state index in [1.807, 2.05) is 66.6 Å². The molecule has 158 valence electrons. The Morgan fingerprint density at radius 1 is 0.933 bits per heavy atom. The summed E-state index contributed by atoms with van der Waals surface area (Å²) in [6.45, 7) is 6.33. The molecule has 30 heavy (non-hydrogen) atoms. The summed E-state index contributed by atoms with van der Waals surface area (Å²) in [4.78, 5) is 34.4. The van der Waals surface area contributed by atoms with Gasteiger partial charge in [-0.05, 0) is 43.5 Å². The molecule has 0 bridgehead atoms. The Hall–Kier alpha value is -2.66. The monoisotopic (exact) mass is 406 g/mol. The third-order valence-corrected chi connectivity index (χ3v) is 6.40. The Balaban J connectivity index is 1.71. The maximum Gasteiger partial charge on any atom is 0.266 e. The zero-order valence-electron chi connectivity index (χ0n) is 18.0. The number of imide groups is 1. The standard InChI is InChI=1S/C25H30N2O3/c1-4-6-10-18(5-2)22-21-23(30-27(22)20-11-8-7-9-12-20)25(29)26(24(21)28)19-15-13-17(3)14-16-19/h7-9,11-16,18,21-23H,4-6,10H2,1-3H3/t18-,21-,22-,23-/m1/s1. The minimum Gasteiger partial charge on any atom is -0.273 e. The molecule has 2 heterocycles. The van der Waals surface area contributed by atoms with Crippen LogP contribution in [0.5, 0.6) is 0 Å². The molecule has 0 radical (unpaired) electrons. The number of hydrogen-bond donors (Lipinski definition) is 0. The highest BCUT2D eigenvalue weighted by atomic mass is 16.7. The van der Waals surface area contributed by atoms with E-state index in [2.05, 4.69) is 13.8 Å². The van der Waals surface area contributed by atoms with Crippen molar-refractivity contribution in [3.05, 3.63) is 60.2 Å². The number of hydrogen-bond acceptors (Lipinski definition) is 4. The molecule has 2 aliphatic heterocycles. The summed E-state index contributed by atoms with van der Waals surface area (Å²) in [6, 6.07) is 17.2. The van der Waals surface area contributed by atoms with Crippen molar-refractivity contribution >= 4 is 23.2 Å². The van der Waals surface area contributed by atoms with E-state index in [1.165, 1.54) is 4.90 Å². The van der Waals surface area contributed by atoms with Gasteiger partial charge in [-0.1, -0.05) is 69.0 Å². The van der Waals surface area contributed by atoms with Gasteiger partial charge in [0.25, 0.3) is 5.91 Å². The third kappa shape index (κ3) is 3.52. The van der Waals surface area contributed by atoms with Crippen LogP contribution in [0.4, 0.5) is 11.4 Å². The normalized spacial score (nSPS) is 24.4. The van der Waals surface area contributed by atoms with E-state index in [0.717, 1.165) is 36.9 Å². The highest BCUT2D eigenvalue weighted by Gasteiger charge is 2.61. The Morgan fingerprint density at radius 2 is 1.63 bits per heavy atom. The first kappa shape index (κ1) is 20.6. The second-order valence-corrected chi connectivity index (χ2v) is 8.36. The minimum absolute atomic E-state index is 0.146. The molecule has 0 aromatic heterocycles. The molecule has 2 aromatic rings. The number of rotatable bonds is 7. The molecule has 2 amide bonds. The van der Waals surface area contributed by atoms with Crippen LogP contribution in [-0.4, -0.2) is 24.0 Å². The van der Waals surface area contributed by atoms with E-state index in [-0.39, 0.29) is 23.8 Å². The largest absolute Gasteiger partial charge is 0.273 e. The number of carbonyl (C=O) groups is 2. The van der Waals surface area contributed by atoms with Crippen molar-refractivity contribution in [3.63, 3.8) is 0 Å². The number of hydroxylamine groups is 1. The van der Waals surface area contributed by atoms with E-state index >= 15 is 0 Å². The van der Waals surface area contributed by atoms with Crippen molar-refractivity contribution in [2.24, 2.45) is 11.8 Å².